The first-order valence-corrected chi connectivity index (χ1v) is 10.9. The molecular formula is C21H28N2O3S. The van der Waals surface area contributed by atoms with Gasteiger partial charge < -0.3 is 9.64 Å². The van der Waals surface area contributed by atoms with Crippen LogP contribution in [0, 0.1) is 0 Å². The van der Waals surface area contributed by atoms with Gasteiger partial charge in [-0.05, 0) is 48.2 Å². The molecule has 0 unspecified atom stereocenters. The van der Waals surface area contributed by atoms with Crippen molar-refractivity contribution in [3.8, 4) is 5.75 Å². The molecule has 6 heteroatoms. The Kier molecular flexibility index (Phi) is 6.52. The van der Waals surface area contributed by atoms with Gasteiger partial charge in [0.05, 0.1) is 12.0 Å². The molecule has 0 aromatic heterocycles. The van der Waals surface area contributed by atoms with E-state index in [1.807, 2.05) is 24.3 Å². The van der Waals surface area contributed by atoms with E-state index in [0.29, 0.717) is 18.0 Å². The van der Waals surface area contributed by atoms with Crippen molar-refractivity contribution in [3.05, 3.63) is 59.7 Å². The van der Waals surface area contributed by atoms with Gasteiger partial charge in [-0.2, -0.15) is 4.31 Å². The third-order valence-corrected chi connectivity index (χ3v) is 7.06. The minimum atomic E-state index is -3.40. The van der Waals surface area contributed by atoms with E-state index in [9.17, 15) is 8.42 Å². The number of ether oxygens (including phenoxy) is 1. The Morgan fingerprint density at radius 1 is 0.963 bits per heavy atom. The maximum absolute atomic E-state index is 12.8. The first-order chi connectivity index (χ1) is 13.0. The summed E-state index contributed by atoms with van der Waals surface area (Å²) in [5.74, 6) is 0.873. The van der Waals surface area contributed by atoms with Crippen LogP contribution in [0.1, 0.15) is 18.1 Å². The Balaban J connectivity index is 1.54. The summed E-state index contributed by atoms with van der Waals surface area (Å²) in [6.45, 7) is 5.58. The maximum Gasteiger partial charge on any atom is 0.243 e. The number of benzene rings is 2. The van der Waals surface area contributed by atoms with E-state index in [2.05, 4.69) is 24.0 Å². The van der Waals surface area contributed by atoms with Gasteiger partial charge in [0.2, 0.25) is 10.0 Å². The molecule has 1 fully saturated rings. The largest absolute Gasteiger partial charge is 0.497 e. The summed E-state index contributed by atoms with van der Waals surface area (Å²) in [5, 5.41) is 0. The average molecular weight is 389 g/mol. The third kappa shape index (κ3) is 4.89. The van der Waals surface area contributed by atoms with Crippen LogP contribution >= 0.6 is 0 Å². The normalized spacial score (nSPS) is 16.4. The first-order valence-electron chi connectivity index (χ1n) is 9.47. The van der Waals surface area contributed by atoms with Crippen LogP contribution in [-0.2, 0) is 22.9 Å². The van der Waals surface area contributed by atoms with E-state index in [1.54, 1.807) is 23.5 Å². The SMILES string of the molecule is CCc1ccc(S(=O)(=O)N2CCN(CCc3cccc(OC)c3)CC2)cc1. The number of piperazine rings is 1. The number of aryl methyl sites for hydroxylation is 1. The highest BCUT2D eigenvalue weighted by molar-refractivity contribution is 7.89. The van der Waals surface area contributed by atoms with Crippen molar-refractivity contribution >= 4 is 10.0 Å². The minimum absolute atomic E-state index is 0.393. The van der Waals surface area contributed by atoms with Gasteiger partial charge in [-0.15, -0.1) is 0 Å². The highest BCUT2D eigenvalue weighted by Gasteiger charge is 2.28. The van der Waals surface area contributed by atoms with Gasteiger partial charge in [0, 0.05) is 32.7 Å². The first kappa shape index (κ1) is 19.9. The number of hydrogen-bond acceptors (Lipinski definition) is 4. The van der Waals surface area contributed by atoms with Crippen molar-refractivity contribution in [1.82, 2.24) is 9.21 Å². The standard InChI is InChI=1S/C21H28N2O3S/c1-3-18-7-9-21(10-8-18)27(24,25)23-15-13-22(14-16-23)12-11-19-5-4-6-20(17-19)26-2/h4-10,17H,3,11-16H2,1-2H3. The van der Waals surface area contributed by atoms with Crippen LogP contribution in [0.15, 0.2) is 53.4 Å². The fourth-order valence-corrected chi connectivity index (χ4v) is 4.78. The fourth-order valence-electron chi connectivity index (χ4n) is 3.35. The molecule has 146 valence electrons. The summed E-state index contributed by atoms with van der Waals surface area (Å²) in [6, 6.07) is 15.4. The molecule has 0 aliphatic carbocycles. The number of rotatable bonds is 7. The Morgan fingerprint density at radius 3 is 2.30 bits per heavy atom. The van der Waals surface area contributed by atoms with Gasteiger partial charge in [0.1, 0.15) is 5.75 Å². The molecule has 0 N–H and O–H groups in total. The van der Waals surface area contributed by atoms with Gasteiger partial charge in [-0.3, -0.25) is 0 Å². The van der Waals surface area contributed by atoms with Gasteiger partial charge in [0.25, 0.3) is 0 Å². The zero-order valence-electron chi connectivity index (χ0n) is 16.1. The lowest BCUT2D eigenvalue weighted by molar-refractivity contribution is 0.190. The third-order valence-electron chi connectivity index (χ3n) is 5.15. The van der Waals surface area contributed by atoms with Crippen LogP contribution in [0.2, 0.25) is 0 Å². The second kappa shape index (κ2) is 8.87. The predicted octanol–water partition coefficient (Wildman–Crippen LogP) is 2.81. The van der Waals surface area contributed by atoms with Gasteiger partial charge in [-0.1, -0.05) is 31.2 Å². The van der Waals surface area contributed by atoms with Gasteiger partial charge >= 0.3 is 0 Å². The van der Waals surface area contributed by atoms with Crippen LogP contribution in [0.3, 0.4) is 0 Å². The molecule has 1 heterocycles. The Labute approximate surface area is 162 Å². The number of nitrogens with zero attached hydrogens (tertiary/aromatic N) is 2. The van der Waals surface area contributed by atoms with E-state index in [4.69, 9.17) is 4.74 Å². The van der Waals surface area contributed by atoms with Gasteiger partial charge in [0.15, 0.2) is 0 Å². The van der Waals surface area contributed by atoms with Crippen molar-refractivity contribution in [2.75, 3.05) is 39.8 Å². The zero-order valence-corrected chi connectivity index (χ0v) is 16.9. The molecule has 1 saturated heterocycles. The van der Waals surface area contributed by atoms with Crippen molar-refractivity contribution < 1.29 is 13.2 Å². The van der Waals surface area contributed by atoms with E-state index in [1.165, 1.54) is 5.56 Å². The Hall–Kier alpha value is -1.89. The molecule has 0 atom stereocenters. The van der Waals surface area contributed by atoms with Crippen LogP contribution in [0.25, 0.3) is 0 Å². The molecule has 0 bridgehead atoms. The zero-order chi connectivity index (χ0) is 19.3. The smallest absolute Gasteiger partial charge is 0.243 e. The maximum atomic E-state index is 12.8. The van der Waals surface area contributed by atoms with Crippen molar-refractivity contribution in [2.45, 2.75) is 24.7 Å². The molecule has 0 amide bonds. The summed E-state index contributed by atoms with van der Waals surface area (Å²) in [5.41, 5.74) is 2.39. The summed E-state index contributed by atoms with van der Waals surface area (Å²) >= 11 is 0. The second-order valence-corrected chi connectivity index (χ2v) is 8.78. The number of hydrogen-bond donors (Lipinski definition) is 0. The molecule has 27 heavy (non-hydrogen) atoms. The number of methoxy groups -OCH3 is 1. The summed E-state index contributed by atoms with van der Waals surface area (Å²) < 4.78 is 32.5. The molecule has 0 spiro atoms. The van der Waals surface area contributed by atoms with Crippen molar-refractivity contribution in [1.29, 1.82) is 0 Å². The lowest BCUT2D eigenvalue weighted by Crippen LogP contribution is -2.48. The average Bonchev–Trinajstić information content (AvgIpc) is 2.72. The molecule has 0 radical (unpaired) electrons. The molecule has 3 rings (SSSR count). The Morgan fingerprint density at radius 2 is 1.67 bits per heavy atom. The molecule has 5 nitrogen and oxygen atoms in total. The van der Waals surface area contributed by atoms with Crippen LogP contribution < -0.4 is 4.74 Å². The van der Waals surface area contributed by atoms with Crippen LogP contribution in [-0.4, -0.2) is 57.5 Å². The molecule has 2 aromatic rings. The molecular weight excluding hydrogens is 360 g/mol. The van der Waals surface area contributed by atoms with Gasteiger partial charge in [-0.25, -0.2) is 8.42 Å². The lowest BCUT2D eigenvalue weighted by Gasteiger charge is -2.34. The molecule has 1 aliphatic rings. The highest BCUT2D eigenvalue weighted by atomic mass is 32.2. The van der Waals surface area contributed by atoms with E-state index >= 15 is 0 Å². The van der Waals surface area contributed by atoms with E-state index < -0.39 is 10.0 Å². The van der Waals surface area contributed by atoms with Crippen LogP contribution in [0.4, 0.5) is 0 Å². The van der Waals surface area contributed by atoms with Crippen molar-refractivity contribution in [3.63, 3.8) is 0 Å². The molecule has 0 saturated carbocycles. The topological polar surface area (TPSA) is 49.9 Å². The van der Waals surface area contributed by atoms with Crippen LogP contribution in [0.5, 0.6) is 5.75 Å². The molecule has 1 aliphatic heterocycles. The quantitative estimate of drug-likeness (QED) is 0.732. The lowest BCUT2D eigenvalue weighted by atomic mass is 10.1. The number of sulfonamides is 1. The summed E-state index contributed by atoms with van der Waals surface area (Å²) in [4.78, 5) is 2.72. The van der Waals surface area contributed by atoms with E-state index in [0.717, 1.165) is 43.8 Å². The van der Waals surface area contributed by atoms with Crippen molar-refractivity contribution in [2.24, 2.45) is 0 Å². The monoisotopic (exact) mass is 388 g/mol. The Bertz CT molecular complexity index is 842. The minimum Gasteiger partial charge on any atom is -0.497 e. The summed E-state index contributed by atoms with van der Waals surface area (Å²) in [6.07, 6.45) is 1.84. The second-order valence-electron chi connectivity index (χ2n) is 6.84. The summed E-state index contributed by atoms with van der Waals surface area (Å²) in [7, 11) is -1.72. The fraction of sp³-hybridized carbons (Fsp3) is 0.429. The highest BCUT2D eigenvalue weighted by Crippen LogP contribution is 2.19. The van der Waals surface area contributed by atoms with E-state index in [-0.39, 0.29) is 0 Å². The molecule has 2 aromatic carbocycles. The predicted molar refractivity (Wildman–Crippen MR) is 108 cm³/mol.